The van der Waals surface area contributed by atoms with Crippen LogP contribution in [0, 0.1) is 0 Å². The van der Waals surface area contributed by atoms with Crippen molar-refractivity contribution >= 4 is 29.9 Å². The minimum atomic E-state index is 0. The molecular formula is C23H29IN6O2. The zero-order chi connectivity index (χ0) is 21.5. The Kier molecular flexibility index (Phi) is 8.72. The summed E-state index contributed by atoms with van der Waals surface area (Å²) < 4.78 is 13.0. The van der Waals surface area contributed by atoms with Crippen molar-refractivity contribution in [2.24, 2.45) is 4.99 Å². The number of nitrogens with one attached hydrogen (secondary N) is 1. The number of guanidine groups is 1. The number of fused-ring (bicyclic) bond motifs is 1. The second kappa shape index (κ2) is 11.7. The summed E-state index contributed by atoms with van der Waals surface area (Å²) >= 11 is 0. The molecule has 0 saturated heterocycles. The maximum absolute atomic E-state index is 5.51. The number of nitrogens with zero attached hydrogens (tertiary/aromatic N) is 5. The number of hydrogen-bond acceptors (Lipinski definition) is 5. The molecular weight excluding hydrogens is 519 g/mol. The Morgan fingerprint density at radius 1 is 1.12 bits per heavy atom. The Hall–Kier alpha value is -2.82. The molecule has 2 aromatic carbocycles. The number of halogens is 1. The van der Waals surface area contributed by atoms with E-state index in [1.165, 1.54) is 5.56 Å². The molecule has 1 aromatic heterocycles. The predicted molar refractivity (Wildman–Crippen MR) is 134 cm³/mol. The van der Waals surface area contributed by atoms with Crippen LogP contribution in [0.5, 0.6) is 11.5 Å². The molecule has 0 unspecified atom stereocenters. The van der Waals surface area contributed by atoms with Gasteiger partial charge >= 0.3 is 0 Å². The minimum Gasteiger partial charge on any atom is -0.454 e. The van der Waals surface area contributed by atoms with Gasteiger partial charge in [0.1, 0.15) is 12.2 Å². The van der Waals surface area contributed by atoms with Gasteiger partial charge in [0.05, 0.1) is 6.54 Å². The van der Waals surface area contributed by atoms with E-state index < -0.39 is 0 Å². The maximum atomic E-state index is 5.51. The molecule has 0 aliphatic carbocycles. The zero-order valence-electron chi connectivity index (χ0n) is 18.4. The van der Waals surface area contributed by atoms with E-state index in [0.29, 0.717) is 13.1 Å². The average Bonchev–Trinajstić information content (AvgIpc) is 3.45. The SMILES string of the molecule is CCc1nncn1CCNC(=NCc1ccccc1)N(C)Cc1ccc2c(c1)OCO2.I. The molecule has 9 heteroatoms. The van der Waals surface area contributed by atoms with Gasteiger partial charge in [-0.3, -0.25) is 0 Å². The second-order valence-corrected chi connectivity index (χ2v) is 7.39. The summed E-state index contributed by atoms with van der Waals surface area (Å²) in [5, 5.41) is 11.7. The molecule has 3 aromatic rings. The van der Waals surface area contributed by atoms with Gasteiger partial charge in [0.2, 0.25) is 6.79 Å². The van der Waals surface area contributed by atoms with Gasteiger partial charge in [0.25, 0.3) is 0 Å². The molecule has 4 rings (SSSR count). The number of aliphatic imine (C=N–C) groups is 1. The summed E-state index contributed by atoms with van der Waals surface area (Å²) in [6.45, 7) is 5.18. The van der Waals surface area contributed by atoms with Gasteiger partial charge in [-0.2, -0.15) is 0 Å². The number of hydrogen-bond donors (Lipinski definition) is 1. The fraction of sp³-hybridized carbons (Fsp3) is 0.348. The fourth-order valence-corrected chi connectivity index (χ4v) is 3.48. The quantitative estimate of drug-likeness (QED) is 0.264. The van der Waals surface area contributed by atoms with Crippen molar-refractivity contribution in [3.63, 3.8) is 0 Å². The molecule has 0 bridgehead atoms. The van der Waals surface area contributed by atoms with E-state index in [0.717, 1.165) is 48.4 Å². The summed E-state index contributed by atoms with van der Waals surface area (Å²) in [7, 11) is 2.04. The third-order valence-corrected chi connectivity index (χ3v) is 5.12. The maximum Gasteiger partial charge on any atom is 0.231 e. The van der Waals surface area contributed by atoms with Crippen LogP contribution in [0.1, 0.15) is 23.9 Å². The Balaban J connectivity index is 0.00000289. The minimum absolute atomic E-state index is 0. The first-order valence-electron chi connectivity index (χ1n) is 10.5. The third kappa shape index (κ3) is 6.12. The predicted octanol–water partition coefficient (Wildman–Crippen LogP) is 3.47. The summed E-state index contributed by atoms with van der Waals surface area (Å²) in [5.74, 6) is 3.41. The van der Waals surface area contributed by atoms with Crippen LogP contribution in [0.25, 0.3) is 0 Å². The highest BCUT2D eigenvalue weighted by atomic mass is 127. The van der Waals surface area contributed by atoms with Crippen molar-refractivity contribution in [3.8, 4) is 11.5 Å². The van der Waals surface area contributed by atoms with E-state index in [1.807, 2.05) is 37.4 Å². The lowest BCUT2D eigenvalue weighted by molar-refractivity contribution is 0.174. The van der Waals surface area contributed by atoms with Crippen molar-refractivity contribution in [2.75, 3.05) is 20.4 Å². The van der Waals surface area contributed by atoms with Crippen molar-refractivity contribution in [3.05, 3.63) is 71.8 Å². The Morgan fingerprint density at radius 2 is 1.94 bits per heavy atom. The molecule has 0 amide bonds. The smallest absolute Gasteiger partial charge is 0.231 e. The molecule has 170 valence electrons. The van der Waals surface area contributed by atoms with Crippen LogP contribution in [0.15, 0.2) is 59.9 Å². The molecule has 32 heavy (non-hydrogen) atoms. The lowest BCUT2D eigenvalue weighted by Gasteiger charge is -2.23. The highest BCUT2D eigenvalue weighted by Crippen LogP contribution is 2.32. The molecule has 0 atom stereocenters. The van der Waals surface area contributed by atoms with Crippen molar-refractivity contribution in [2.45, 2.75) is 33.0 Å². The molecule has 1 aliphatic heterocycles. The van der Waals surface area contributed by atoms with E-state index in [4.69, 9.17) is 14.5 Å². The molecule has 1 aliphatic rings. The molecule has 0 radical (unpaired) electrons. The van der Waals surface area contributed by atoms with Crippen LogP contribution in [0.3, 0.4) is 0 Å². The molecule has 8 nitrogen and oxygen atoms in total. The number of rotatable bonds is 8. The Bertz CT molecular complexity index is 1020. The van der Waals surface area contributed by atoms with Gasteiger partial charge in [-0.25, -0.2) is 4.99 Å². The normalized spacial score (nSPS) is 12.4. The summed E-state index contributed by atoms with van der Waals surface area (Å²) in [6, 6.07) is 16.3. The topological polar surface area (TPSA) is 76.8 Å². The number of ether oxygens (including phenoxy) is 2. The summed E-state index contributed by atoms with van der Waals surface area (Å²) in [4.78, 5) is 6.98. The highest BCUT2D eigenvalue weighted by Gasteiger charge is 2.15. The fourth-order valence-electron chi connectivity index (χ4n) is 3.48. The molecule has 1 N–H and O–H groups in total. The first kappa shape index (κ1) is 23.8. The van der Waals surface area contributed by atoms with Gasteiger partial charge in [-0.05, 0) is 23.3 Å². The molecule has 0 saturated carbocycles. The van der Waals surface area contributed by atoms with Crippen LogP contribution < -0.4 is 14.8 Å². The van der Waals surface area contributed by atoms with E-state index in [9.17, 15) is 0 Å². The summed E-state index contributed by atoms with van der Waals surface area (Å²) in [5.41, 5.74) is 2.30. The molecule has 0 spiro atoms. The first-order valence-corrected chi connectivity index (χ1v) is 10.5. The highest BCUT2D eigenvalue weighted by molar-refractivity contribution is 14.0. The van der Waals surface area contributed by atoms with Gasteiger partial charge in [-0.1, -0.05) is 43.3 Å². The molecule has 0 fully saturated rings. The van der Waals surface area contributed by atoms with Crippen molar-refractivity contribution < 1.29 is 9.47 Å². The lowest BCUT2D eigenvalue weighted by atomic mass is 10.2. The monoisotopic (exact) mass is 548 g/mol. The first-order chi connectivity index (χ1) is 15.2. The Morgan fingerprint density at radius 3 is 2.75 bits per heavy atom. The van der Waals surface area contributed by atoms with Crippen LogP contribution >= 0.6 is 24.0 Å². The average molecular weight is 548 g/mol. The van der Waals surface area contributed by atoms with Crippen LogP contribution in [-0.4, -0.2) is 46.0 Å². The van der Waals surface area contributed by atoms with Crippen molar-refractivity contribution in [1.29, 1.82) is 0 Å². The van der Waals surface area contributed by atoms with E-state index in [2.05, 4.69) is 50.1 Å². The van der Waals surface area contributed by atoms with Crippen LogP contribution in [0.4, 0.5) is 0 Å². The van der Waals surface area contributed by atoms with Gasteiger partial charge < -0.3 is 24.3 Å². The number of benzene rings is 2. The second-order valence-electron chi connectivity index (χ2n) is 7.39. The van der Waals surface area contributed by atoms with E-state index >= 15 is 0 Å². The van der Waals surface area contributed by atoms with E-state index in [1.54, 1.807) is 6.33 Å². The molecule has 2 heterocycles. The largest absolute Gasteiger partial charge is 0.454 e. The Labute approximate surface area is 205 Å². The van der Waals surface area contributed by atoms with Crippen LogP contribution in [0.2, 0.25) is 0 Å². The van der Waals surface area contributed by atoms with E-state index in [-0.39, 0.29) is 30.8 Å². The van der Waals surface area contributed by atoms with Gasteiger partial charge in [0.15, 0.2) is 17.5 Å². The third-order valence-electron chi connectivity index (χ3n) is 5.12. The summed E-state index contributed by atoms with van der Waals surface area (Å²) in [6.07, 6.45) is 2.64. The lowest BCUT2D eigenvalue weighted by Crippen LogP contribution is -2.40. The van der Waals surface area contributed by atoms with Crippen LogP contribution in [-0.2, 0) is 26.1 Å². The zero-order valence-corrected chi connectivity index (χ0v) is 20.7. The number of aromatic nitrogens is 3. The van der Waals surface area contributed by atoms with Gasteiger partial charge in [0, 0.05) is 33.1 Å². The van der Waals surface area contributed by atoms with Gasteiger partial charge in [-0.15, -0.1) is 34.2 Å². The standard InChI is InChI=1S/C23H28N6O2.HI/c1-3-22-27-26-16-29(22)12-11-24-23(25-14-18-7-5-4-6-8-18)28(2)15-19-9-10-20-21(13-19)31-17-30-20;/h4-10,13,16H,3,11-12,14-15,17H2,1-2H3,(H,24,25);1H. The van der Waals surface area contributed by atoms with Crippen molar-refractivity contribution in [1.82, 2.24) is 25.0 Å². The number of aryl methyl sites for hydroxylation is 1.